The average molecular weight is 173 g/mol. The summed E-state index contributed by atoms with van der Waals surface area (Å²) in [5, 5.41) is 0. The fraction of sp³-hybridized carbons (Fsp3) is 0. The molecule has 0 fully saturated rings. The lowest BCUT2D eigenvalue weighted by atomic mass is 10.3. The van der Waals surface area contributed by atoms with Gasteiger partial charge in [-0.05, 0) is 12.1 Å². The number of hydrogen-bond acceptors (Lipinski definition) is 3. The van der Waals surface area contributed by atoms with Crippen LogP contribution < -0.4 is 0 Å². The van der Waals surface area contributed by atoms with E-state index in [1.807, 2.05) is 0 Å². The topological polar surface area (TPSA) is 47.8 Å². The molecule has 0 saturated heterocycles. The number of aromatic nitrogens is 3. The van der Waals surface area contributed by atoms with Gasteiger partial charge in [-0.1, -0.05) is 6.07 Å². The maximum atomic E-state index is 11.6. The standard InChI is InChI=1S/C9H7N3O/c13-9(12-6-5-10-7-12)8-3-1-2-4-11-8/h1-7H. The number of hydrogen-bond donors (Lipinski definition) is 0. The first-order valence-corrected chi connectivity index (χ1v) is 3.81. The zero-order valence-corrected chi connectivity index (χ0v) is 6.79. The van der Waals surface area contributed by atoms with Gasteiger partial charge in [0.25, 0.3) is 5.91 Å². The van der Waals surface area contributed by atoms with E-state index in [0.717, 1.165) is 0 Å². The van der Waals surface area contributed by atoms with Gasteiger partial charge in [-0.2, -0.15) is 0 Å². The van der Waals surface area contributed by atoms with Gasteiger partial charge in [0, 0.05) is 18.6 Å². The number of carbonyl (C=O) groups is 1. The van der Waals surface area contributed by atoms with Crippen LogP contribution in [0.2, 0.25) is 0 Å². The maximum absolute atomic E-state index is 11.6. The first-order valence-electron chi connectivity index (χ1n) is 3.81. The summed E-state index contributed by atoms with van der Waals surface area (Å²) >= 11 is 0. The van der Waals surface area contributed by atoms with E-state index in [1.165, 1.54) is 10.9 Å². The lowest BCUT2D eigenvalue weighted by molar-refractivity contribution is 0.0955. The van der Waals surface area contributed by atoms with Crippen molar-refractivity contribution in [2.45, 2.75) is 0 Å². The van der Waals surface area contributed by atoms with E-state index in [9.17, 15) is 4.79 Å². The fourth-order valence-corrected chi connectivity index (χ4v) is 1.00. The largest absolute Gasteiger partial charge is 0.281 e. The van der Waals surface area contributed by atoms with Crippen LogP contribution in [0, 0.1) is 0 Å². The smallest absolute Gasteiger partial charge is 0.271 e. The Morgan fingerprint density at radius 3 is 2.85 bits per heavy atom. The summed E-state index contributed by atoms with van der Waals surface area (Å²) in [5.41, 5.74) is 0.417. The van der Waals surface area contributed by atoms with Crippen LogP contribution in [0.4, 0.5) is 0 Å². The Morgan fingerprint density at radius 2 is 2.23 bits per heavy atom. The third-order valence-electron chi connectivity index (χ3n) is 1.62. The first-order chi connectivity index (χ1) is 6.38. The number of carbonyl (C=O) groups excluding carboxylic acids is 1. The molecule has 64 valence electrons. The van der Waals surface area contributed by atoms with Crippen LogP contribution in [-0.2, 0) is 0 Å². The zero-order valence-electron chi connectivity index (χ0n) is 6.79. The highest BCUT2D eigenvalue weighted by Crippen LogP contribution is 1.97. The van der Waals surface area contributed by atoms with E-state index in [0.29, 0.717) is 5.69 Å². The molecule has 4 nitrogen and oxygen atoms in total. The minimum Gasteiger partial charge on any atom is -0.271 e. The third-order valence-corrected chi connectivity index (χ3v) is 1.62. The molecule has 0 aliphatic carbocycles. The van der Waals surface area contributed by atoms with Gasteiger partial charge in [0.2, 0.25) is 0 Å². The number of rotatable bonds is 1. The molecular formula is C9H7N3O. The van der Waals surface area contributed by atoms with Crippen molar-refractivity contribution in [2.24, 2.45) is 0 Å². The molecule has 0 aliphatic heterocycles. The van der Waals surface area contributed by atoms with Crippen molar-refractivity contribution in [3.05, 3.63) is 48.8 Å². The van der Waals surface area contributed by atoms with Crippen LogP contribution in [0.25, 0.3) is 0 Å². The summed E-state index contributed by atoms with van der Waals surface area (Å²) in [6, 6.07) is 5.21. The second kappa shape index (κ2) is 3.18. The molecule has 0 aromatic carbocycles. The summed E-state index contributed by atoms with van der Waals surface area (Å²) < 4.78 is 1.39. The molecule has 13 heavy (non-hydrogen) atoms. The van der Waals surface area contributed by atoms with Crippen molar-refractivity contribution in [3.63, 3.8) is 0 Å². The van der Waals surface area contributed by atoms with Crippen molar-refractivity contribution in [2.75, 3.05) is 0 Å². The molecule has 0 spiro atoms. The predicted molar refractivity (Wildman–Crippen MR) is 46.2 cm³/mol. The molecule has 0 N–H and O–H groups in total. The van der Waals surface area contributed by atoms with Crippen molar-refractivity contribution in [1.29, 1.82) is 0 Å². The average Bonchev–Trinajstić information content (AvgIpc) is 2.71. The van der Waals surface area contributed by atoms with Crippen molar-refractivity contribution >= 4 is 5.91 Å². The monoisotopic (exact) mass is 173 g/mol. The van der Waals surface area contributed by atoms with Crippen molar-refractivity contribution in [1.82, 2.24) is 14.5 Å². The van der Waals surface area contributed by atoms with Crippen LogP contribution in [0.1, 0.15) is 10.5 Å². The Labute approximate surface area is 74.9 Å². The number of imidazole rings is 1. The van der Waals surface area contributed by atoms with Gasteiger partial charge in [-0.3, -0.25) is 14.3 Å². The summed E-state index contributed by atoms with van der Waals surface area (Å²) in [6.07, 6.45) is 6.19. The Bertz CT molecular complexity index is 394. The fourth-order valence-electron chi connectivity index (χ4n) is 1.00. The molecule has 4 heteroatoms. The van der Waals surface area contributed by atoms with Gasteiger partial charge in [0.1, 0.15) is 12.0 Å². The summed E-state index contributed by atoms with van der Waals surface area (Å²) in [6.45, 7) is 0. The Kier molecular flexibility index (Phi) is 1.88. The van der Waals surface area contributed by atoms with E-state index in [1.54, 1.807) is 36.8 Å². The van der Waals surface area contributed by atoms with Crippen molar-refractivity contribution in [3.8, 4) is 0 Å². The molecule has 0 unspecified atom stereocenters. The quantitative estimate of drug-likeness (QED) is 0.645. The minimum atomic E-state index is -0.168. The van der Waals surface area contributed by atoms with Crippen LogP contribution in [0.5, 0.6) is 0 Å². The van der Waals surface area contributed by atoms with Gasteiger partial charge in [0.05, 0.1) is 0 Å². The van der Waals surface area contributed by atoms with Gasteiger partial charge in [-0.15, -0.1) is 0 Å². The van der Waals surface area contributed by atoms with Gasteiger partial charge in [-0.25, -0.2) is 4.98 Å². The molecule has 0 saturated carbocycles. The normalized spacial score (nSPS) is 9.85. The van der Waals surface area contributed by atoms with E-state index in [-0.39, 0.29) is 5.91 Å². The summed E-state index contributed by atoms with van der Waals surface area (Å²) in [4.78, 5) is 19.3. The molecule has 0 aliphatic rings. The van der Waals surface area contributed by atoms with E-state index >= 15 is 0 Å². The molecule has 0 bridgehead atoms. The lowest BCUT2D eigenvalue weighted by Gasteiger charge is -1.97. The second-order valence-electron chi connectivity index (χ2n) is 2.49. The third kappa shape index (κ3) is 1.46. The molecular weight excluding hydrogens is 166 g/mol. The zero-order chi connectivity index (χ0) is 9.10. The maximum Gasteiger partial charge on any atom is 0.281 e. The molecule has 0 amide bonds. The van der Waals surface area contributed by atoms with E-state index in [2.05, 4.69) is 9.97 Å². The van der Waals surface area contributed by atoms with E-state index in [4.69, 9.17) is 0 Å². The van der Waals surface area contributed by atoms with Crippen LogP contribution in [0.15, 0.2) is 43.1 Å². The lowest BCUT2D eigenvalue weighted by Crippen LogP contribution is -2.10. The highest BCUT2D eigenvalue weighted by molar-refractivity contribution is 5.93. The van der Waals surface area contributed by atoms with Crippen LogP contribution in [0.3, 0.4) is 0 Å². The molecule has 2 heterocycles. The Balaban J connectivity index is 2.34. The van der Waals surface area contributed by atoms with Crippen LogP contribution in [-0.4, -0.2) is 20.4 Å². The highest BCUT2D eigenvalue weighted by Gasteiger charge is 2.06. The second-order valence-corrected chi connectivity index (χ2v) is 2.49. The van der Waals surface area contributed by atoms with E-state index < -0.39 is 0 Å². The number of nitrogens with zero attached hydrogens (tertiary/aromatic N) is 3. The first kappa shape index (κ1) is 7.67. The summed E-state index contributed by atoms with van der Waals surface area (Å²) in [7, 11) is 0. The Hall–Kier alpha value is -1.97. The highest BCUT2D eigenvalue weighted by atomic mass is 16.2. The van der Waals surface area contributed by atoms with Crippen molar-refractivity contribution < 1.29 is 4.79 Å². The predicted octanol–water partition coefficient (Wildman–Crippen LogP) is 0.967. The minimum absolute atomic E-state index is 0.168. The number of pyridine rings is 1. The Morgan fingerprint density at radius 1 is 1.31 bits per heavy atom. The molecule has 0 atom stereocenters. The van der Waals surface area contributed by atoms with Gasteiger partial charge >= 0.3 is 0 Å². The summed E-state index contributed by atoms with van der Waals surface area (Å²) in [5.74, 6) is -0.168. The SMILES string of the molecule is O=C(c1ccccn1)n1ccnc1. The molecule has 2 aromatic rings. The van der Waals surface area contributed by atoms with Gasteiger partial charge in [0.15, 0.2) is 0 Å². The molecule has 2 rings (SSSR count). The van der Waals surface area contributed by atoms with Gasteiger partial charge < -0.3 is 0 Å². The molecule has 0 radical (unpaired) electrons. The molecule has 2 aromatic heterocycles. The van der Waals surface area contributed by atoms with Crippen LogP contribution >= 0.6 is 0 Å².